The van der Waals surface area contributed by atoms with E-state index in [0.717, 1.165) is 39.1 Å². The van der Waals surface area contributed by atoms with Gasteiger partial charge in [0, 0.05) is 11.1 Å². The van der Waals surface area contributed by atoms with Crippen LogP contribution in [0, 0.1) is 0 Å². The molecular weight excluding hydrogens is 420 g/mol. The number of benzene rings is 5. The van der Waals surface area contributed by atoms with Gasteiger partial charge in [0.15, 0.2) is 0 Å². The maximum absolute atomic E-state index is 13.5. The summed E-state index contributed by atoms with van der Waals surface area (Å²) >= 11 is 0. The van der Waals surface area contributed by atoms with Crippen molar-refractivity contribution in [2.45, 2.75) is 25.7 Å². The minimum atomic E-state index is -0.355. The maximum Gasteiger partial charge on any atom is 0.318 e. The van der Waals surface area contributed by atoms with Crippen molar-refractivity contribution < 1.29 is 14.6 Å². The van der Waals surface area contributed by atoms with Crippen LogP contribution in [-0.4, -0.2) is 11.1 Å². The molecule has 34 heavy (non-hydrogen) atoms. The monoisotopic (exact) mass is 446 g/mol. The van der Waals surface area contributed by atoms with Crippen molar-refractivity contribution in [3.05, 3.63) is 109 Å². The van der Waals surface area contributed by atoms with Gasteiger partial charge in [0.25, 0.3) is 0 Å². The first-order valence-corrected chi connectivity index (χ1v) is 11.7. The van der Waals surface area contributed by atoms with Gasteiger partial charge in [-0.2, -0.15) is 0 Å². The van der Waals surface area contributed by atoms with Crippen LogP contribution < -0.4 is 4.74 Å². The van der Waals surface area contributed by atoms with Gasteiger partial charge in [0.2, 0.25) is 0 Å². The average Bonchev–Trinajstić information content (AvgIpc) is 2.88. The number of esters is 1. The summed E-state index contributed by atoms with van der Waals surface area (Å²) < 4.78 is 6.13. The summed E-state index contributed by atoms with van der Waals surface area (Å²) in [4.78, 5) is 13.5. The summed E-state index contributed by atoms with van der Waals surface area (Å²) in [7, 11) is 0. The van der Waals surface area contributed by atoms with Crippen molar-refractivity contribution in [2.75, 3.05) is 0 Å². The van der Waals surface area contributed by atoms with Crippen LogP contribution in [0.2, 0.25) is 0 Å². The van der Waals surface area contributed by atoms with Gasteiger partial charge in [-0.25, -0.2) is 0 Å². The van der Waals surface area contributed by atoms with E-state index in [0.29, 0.717) is 17.7 Å². The highest BCUT2D eigenvalue weighted by Gasteiger charge is 2.25. The Bertz CT molecular complexity index is 1470. The van der Waals surface area contributed by atoms with Gasteiger partial charge in [0.05, 0.1) is 5.92 Å². The summed E-state index contributed by atoms with van der Waals surface area (Å²) in [6.07, 6.45) is 1.56. The van der Waals surface area contributed by atoms with Crippen LogP contribution in [-0.2, 0) is 4.79 Å². The summed E-state index contributed by atoms with van der Waals surface area (Å²) in [5.74, 6) is -0.0381. The highest BCUT2D eigenvalue weighted by Crippen LogP contribution is 2.45. The Hall–Kier alpha value is -4.11. The van der Waals surface area contributed by atoms with Gasteiger partial charge >= 0.3 is 5.97 Å². The second-order valence-electron chi connectivity index (χ2n) is 8.51. The number of carbonyl (C=O) groups excluding carboxylic acids is 1. The van der Waals surface area contributed by atoms with Crippen molar-refractivity contribution in [1.29, 1.82) is 0 Å². The van der Waals surface area contributed by atoms with Gasteiger partial charge in [0.1, 0.15) is 11.5 Å². The van der Waals surface area contributed by atoms with Gasteiger partial charge in [-0.15, -0.1) is 0 Å². The molecule has 0 heterocycles. The summed E-state index contributed by atoms with van der Waals surface area (Å²) in [5, 5.41) is 14.9. The van der Waals surface area contributed by atoms with Crippen molar-refractivity contribution in [2.24, 2.45) is 0 Å². The molecule has 5 aromatic rings. The fourth-order valence-corrected chi connectivity index (χ4v) is 4.69. The Balaban J connectivity index is 1.69. The Morgan fingerprint density at radius 2 is 1.32 bits per heavy atom. The summed E-state index contributed by atoms with van der Waals surface area (Å²) in [6, 6.07) is 33.1. The van der Waals surface area contributed by atoms with Crippen molar-refractivity contribution >= 4 is 27.5 Å². The van der Waals surface area contributed by atoms with E-state index in [4.69, 9.17) is 4.74 Å². The zero-order chi connectivity index (χ0) is 23.5. The molecule has 0 amide bonds. The highest BCUT2D eigenvalue weighted by atomic mass is 16.5. The molecule has 0 aliphatic heterocycles. The van der Waals surface area contributed by atoms with E-state index >= 15 is 0 Å². The molecule has 5 rings (SSSR count). The molecule has 5 aromatic carbocycles. The molecule has 0 fully saturated rings. The van der Waals surface area contributed by atoms with Crippen molar-refractivity contribution in [3.63, 3.8) is 0 Å². The molecule has 0 bridgehead atoms. The van der Waals surface area contributed by atoms with Gasteiger partial charge in [-0.1, -0.05) is 104 Å². The molecular formula is C31H26O3. The zero-order valence-electron chi connectivity index (χ0n) is 19.1. The number of hydrogen-bond donors (Lipinski definition) is 1. The second kappa shape index (κ2) is 9.40. The van der Waals surface area contributed by atoms with Crippen LogP contribution in [0.1, 0.15) is 31.2 Å². The number of carbonyl (C=O) groups is 1. The lowest BCUT2D eigenvalue weighted by molar-refractivity contribution is -0.136. The van der Waals surface area contributed by atoms with E-state index in [9.17, 15) is 9.90 Å². The molecule has 3 heteroatoms. The number of ether oxygens (including phenoxy) is 1. The normalized spacial score (nSPS) is 12.0. The minimum absolute atomic E-state index is 0.153. The van der Waals surface area contributed by atoms with Crippen LogP contribution in [0.4, 0.5) is 0 Å². The molecule has 0 aliphatic rings. The lowest BCUT2D eigenvalue weighted by Crippen LogP contribution is -2.19. The van der Waals surface area contributed by atoms with Crippen LogP contribution in [0.3, 0.4) is 0 Å². The number of phenols is 1. The van der Waals surface area contributed by atoms with Crippen LogP contribution in [0.5, 0.6) is 11.5 Å². The smallest absolute Gasteiger partial charge is 0.318 e. The number of hydrogen-bond acceptors (Lipinski definition) is 3. The maximum atomic E-state index is 13.5. The van der Waals surface area contributed by atoms with Crippen LogP contribution >= 0.6 is 0 Å². The molecule has 3 nitrogen and oxygen atoms in total. The lowest BCUT2D eigenvalue weighted by Gasteiger charge is -2.19. The molecule has 1 atom stereocenters. The van der Waals surface area contributed by atoms with E-state index in [2.05, 4.69) is 6.92 Å². The van der Waals surface area contributed by atoms with Crippen molar-refractivity contribution in [3.8, 4) is 22.6 Å². The van der Waals surface area contributed by atoms with E-state index in [1.807, 2.05) is 97.1 Å². The Kier molecular flexibility index (Phi) is 6.01. The number of fused-ring (bicyclic) bond motifs is 2. The standard InChI is InChI=1S/C31H26O3/c1-2-10-26(21-11-4-3-5-12-21)31(33)34-28-20-18-23-14-7-9-16-25(23)30(28)29-24-15-8-6-13-22(24)17-19-27(29)32/h3-9,11-20,26,32H,2,10H2,1H3/t26-/m0/s1. The average molecular weight is 447 g/mol. The predicted molar refractivity (Wildman–Crippen MR) is 138 cm³/mol. The topological polar surface area (TPSA) is 46.5 Å². The van der Waals surface area contributed by atoms with E-state index in [-0.39, 0.29) is 17.6 Å². The first kappa shape index (κ1) is 21.7. The Morgan fingerprint density at radius 3 is 2.00 bits per heavy atom. The minimum Gasteiger partial charge on any atom is -0.507 e. The lowest BCUT2D eigenvalue weighted by atomic mass is 9.92. The van der Waals surface area contributed by atoms with Gasteiger partial charge in [-0.05, 0) is 45.7 Å². The van der Waals surface area contributed by atoms with E-state index in [1.54, 1.807) is 6.07 Å². The second-order valence-corrected chi connectivity index (χ2v) is 8.51. The predicted octanol–water partition coefficient (Wildman–Crippen LogP) is 7.85. The molecule has 0 radical (unpaired) electrons. The zero-order valence-corrected chi connectivity index (χ0v) is 19.1. The first-order valence-electron chi connectivity index (χ1n) is 11.7. The SMILES string of the molecule is CCC[C@H](C(=O)Oc1ccc2ccccc2c1-c1c(O)ccc2ccccc12)c1ccccc1. The molecule has 1 N–H and O–H groups in total. The molecule has 168 valence electrons. The van der Waals surface area contributed by atoms with Gasteiger partial charge in [-0.3, -0.25) is 4.79 Å². The fourth-order valence-electron chi connectivity index (χ4n) is 4.69. The highest BCUT2D eigenvalue weighted by molar-refractivity contribution is 6.10. The molecule has 0 aromatic heterocycles. The van der Waals surface area contributed by atoms with Crippen LogP contribution in [0.15, 0.2) is 103 Å². The third kappa shape index (κ3) is 4.01. The number of aromatic hydroxyl groups is 1. The molecule has 0 saturated carbocycles. The van der Waals surface area contributed by atoms with E-state index < -0.39 is 0 Å². The third-order valence-corrected chi connectivity index (χ3v) is 6.32. The summed E-state index contributed by atoms with van der Waals surface area (Å²) in [5.41, 5.74) is 2.35. The van der Waals surface area contributed by atoms with Gasteiger partial charge < -0.3 is 9.84 Å². The largest absolute Gasteiger partial charge is 0.507 e. The summed E-state index contributed by atoms with van der Waals surface area (Å²) in [6.45, 7) is 2.07. The molecule has 0 saturated heterocycles. The van der Waals surface area contributed by atoms with Crippen LogP contribution in [0.25, 0.3) is 32.7 Å². The number of phenolic OH excluding ortho intramolecular Hbond substituents is 1. The Labute approximate surface area is 199 Å². The fraction of sp³-hybridized carbons (Fsp3) is 0.129. The molecule has 0 unspecified atom stereocenters. The Morgan fingerprint density at radius 1 is 0.735 bits per heavy atom. The number of rotatable bonds is 6. The van der Waals surface area contributed by atoms with Crippen molar-refractivity contribution in [1.82, 2.24) is 0 Å². The van der Waals surface area contributed by atoms with E-state index in [1.165, 1.54) is 0 Å². The first-order chi connectivity index (χ1) is 16.7. The molecule has 0 aliphatic carbocycles. The molecule has 0 spiro atoms. The third-order valence-electron chi connectivity index (χ3n) is 6.32. The quantitative estimate of drug-likeness (QED) is 0.213.